The molecular weight excluding hydrogens is 618 g/mol. The van der Waals surface area contributed by atoms with E-state index in [2.05, 4.69) is 26.5 Å². The van der Waals surface area contributed by atoms with Crippen molar-refractivity contribution in [1.82, 2.24) is 5.43 Å². The first-order valence-corrected chi connectivity index (χ1v) is 14.6. The van der Waals surface area contributed by atoms with Crippen molar-refractivity contribution in [2.45, 2.75) is 11.5 Å². The molecule has 0 bridgehead atoms. The Morgan fingerprint density at radius 3 is 2.30 bits per heavy atom. The second kappa shape index (κ2) is 13.5. The Morgan fingerprint density at radius 2 is 1.65 bits per heavy atom. The predicted molar refractivity (Wildman–Crippen MR) is 160 cm³/mol. The molecule has 4 aromatic rings. The van der Waals surface area contributed by atoms with Gasteiger partial charge in [0.25, 0.3) is 15.9 Å². The zero-order valence-electron chi connectivity index (χ0n) is 21.3. The SMILES string of the molecule is COc1cc(/C=N\NC(=O)CN(c2ccc(Cl)cc2)S(=O)(=O)c2ccccc2)cc(Br)c1OCc1ccccc1. The molecule has 11 heteroatoms. The quantitative estimate of drug-likeness (QED) is 0.159. The first-order chi connectivity index (χ1) is 19.3. The van der Waals surface area contributed by atoms with Crippen molar-refractivity contribution in [2.75, 3.05) is 18.0 Å². The second-order valence-corrected chi connectivity index (χ2v) is 11.6. The first kappa shape index (κ1) is 29.1. The molecule has 0 unspecified atom stereocenters. The molecule has 1 N–H and O–H groups in total. The maximum Gasteiger partial charge on any atom is 0.264 e. The Morgan fingerprint density at radius 1 is 1.00 bits per heavy atom. The van der Waals surface area contributed by atoms with Crippen molar-refractivity contribution in [1.29, 1.82) is 0 Å². The van der Waals surface area contributed by atoms with E-state index < -0.39 is 22.5 Å². The molecule has 0 aliphatic heterocycles. The number of anilines is 1. The molecule has 1 amide bonds. The number of carbonyl (C=O) groups excluding carboxylic acids is 1. The van der Waals surface area contributed by atoms with Crippen LogP contribution < -0.4 is 19.2 Å². The number of hydrogen-bond donors (Lipinski definition) is 1. The van der Waals surface area contributed by atoms with E-state index in [0.717, 1.165) is 9.87 Å². The summed E-state index contributed by atoms with van der Waals surface area (Å²) in [4.78, 5) is 12.9. The van der Waals surface area contributed by atoms with Gasteiger partial charge in [-0.3, -0.25) is 9.10 Å². The van der Waals surface area contributed by atoms with Crippen LogP contribution in [0, 0.1) is 0 Å². The third-order valence-corrected chi connectivity index (χ3v) is 8.24. The molecule has 40 heavy (non-hydrogen) atoms. The molecule has 206 valence electrons. The van der Waals surface area contributed by atoms with E-state index in [0.29, 0.717) is 33.2 Å². The van der Waals surface area contributed by atoms with E-state index in [1.165, 1.54) is 37.6 Å². The summed E-state index contributed by atoms with van der Waals surface area (Å²) in [5.41, 5.74) is 4.30. The number of rotatable bonds is 11. The largest absolute Gasteiger partial charge is 0.493 e. The average Bonchev–Trinajstić information content (AvgIpc) is 2.96. The summed E-state index contributed by atoms with van der Waals surface area (Å²) in [6.07, 6.45) is 1.42. The average molecular weight is 643 g/mol. The molecule has 0 aliphatic carbocycles. The summed E-state index contributed by atoms with van der Waals surface area (Å²) < 4.78 is 39.8. The number of nitrogens with one attached hydrogen (secondary N) is 1. The fourth-order valence-electron chi connectivity index (χ4n) is 3.67. The van der Waals surface area contributed by atoms with Crippen LogP contribution in [0.1, 0.15) is 11.1 Å². The lowest BCUT2D eigenvalue weighted by Crippen LogP contribution is -2.39. The van der Waals surface area contributed by atoms with Crippen molar-refractivity contribution in [2.24, 2.45) is 5.10 Å². The molecule has 0 spiro atoms. The third-order valence-electron chi connectivity index (χ3n) is 5.61. The van der Waals surface area contributed by atoms with Gasteiger partial charge >= 0.3 is 0 Å². The maximum atomic E-state index is 13.4. The van der Waals surface area contributed by atoms with Gasteiger partial charge in [-0.2, -0.15) is 5.10 Å². The fourth-order valence-corrected chi connectivity index (χ4v) is 5.81. The van der Waals surface area contributed by atoms with Gasteiger partial charge in [-0.25, -0.2) is 13.8 Å². The van der Waals surface area contributed by atoms with Crippen molar-refractivity contribution in [3.05, 3.63) is 118 Å². The Labute approximate surface area is 246 Å². The van der Waals surface area contributed by atoms with Crippen molar-refractivity contribution in [3.63, 3.8) is 0 Å². The second-order valence-electron chi connectivity index (χ2n) is 8.40. The zero-order valence-corrected chi connectivity index (χ0v) is 24.5. The Bertz CT molecular complexity index is 1590. The molecule has 0 aliphatic rings. The van der Waals surface area contributed by atoms with Crippen LogP contribution in [0.2, 0.25) is 5.02 Å². The highest BCUT2D eigenvalue weighted by Crippen LogP contribution is 2.37. The summed E-state index contributed by atoms with van der Waals surface area (Å²) in [5, 5.41) is 4.45. The Kier molecular flexibility index (Phi) is 9.81. The van der Waals surface area contributed by atoms with Crippen LogP contribution in [0.25, 0.3) is 0 Å². The van der Waals surface area contributed by atoms with Gasteiger partial charge in [0.15, 0.2) is 11.5 Å². The Hall–Kier alpha value is -3.86. The lowest BCUT2D eigenvalue weighted by atomic mass is 10.2. The molecule has 0 saturated heterocycles. The number of ether oxygens (including phenoxy) is 2. The predicted octanol–water partition coefficient (Wildman–Crippen LogP) is 6.04. The van der Waals surface area contributed by atoms with Gasteiger partial charge in [0.05, 0.1) is 28.4 Å². The van der Waals surface area contributed by atoms with E-state index in [1.54, 1.807) is 42.5 Å². The highest BCUT2D eigenvalue weighted by atomic mass is 79.9. The van der Waals surface area contributed by atoms with Crippen LogP contribution in [0.15, 0.2) is 112 Å². The number of hydrazone groups is 1. The van der Waals surface area contributed by atoms with E-state index in [9.17, 15) is 13.2 Å². The van der Waals surface area contributed by atoms with Crippen molar-refractivity contribution in [3.8, 4) is 11.5 Å². The first-order valence-electron chi connectivity index (χ1n) is 12.0. The molecule has 4 rings (SSSR count). The fraction of sp³-hybridized carbons (Fsp3) is 0.103. The van der Waals surface area contributed by atoms with Crippen LogP contribution in [0.3, 0.4) is 0 Å². The lowest BCUT2D eigenvalue weighted by molar-refractivity contribution is -0.119. The molecule has 8 nitrogen and oxygen atoms in total. The van der Waals surface area contributed by atoms with Gasteiger partial charge in [-0.15, -0.1) is 0 Å². The molecule has 4 aromatic carbocycles. The van der Waals surface area contributed by atoms with Crippen molar-refractivity contribution >= 4 is 55.4 Å². The molecule has 0 saturated carbocycles. The normalized spacial score (nSPS) is 11.3. The summed E-state index contributed by atoms with van der Waals surface area (Å²) in [6, 6.07) is 27.2. The highest BCUT2D eigenvalue weighted by Gasteiger charge is 2.27. The maximum absolute atomic E-state index is 13.4. The molecule has 0 radical (unpaired) electrons. The van der Waals surface area contributed by atoms with Gasteiger partial charge in [-0.1, -0.05) is 60.1 Å². The number of nitrogens with zero attached hydrogens (tertiary/aromatic N) is 2. The lowest BCUT2D eigenvalue weighted by Gasteiger charge is -2.23. The number of benzene rings is 4. The van der Waals surface area contributed by atoms with Gasteiger partial charge in [-0.05, 0) is 75.6 Å². The molecule has 0 heterocycles. The zero-order chi connectivity index (χ0) is 28.5. The number of sulfonamides is 1. The minimum atomic E-state index is -4.04. The monoisotopic (exact) mass is 641 g/mol. The smallest absolute Gasteiger partial charge is 0.264 e. The number of amides is 1. The van der Waals surface area contributed by atoms with Gasteiger partial charge < -0.3 is 9.47 Å². The topological polar surface area (TPSA) is 97.3 Å². The van der Waals surface area contributed by atoms with Gasteiger partial charge in [0.1, 0.15) is 13.2 Å². The minimum Gasteiger partial charge on any atom is -0.493 e. The minimum absolute atomic E-state index is 0.0489. The molecule has 0 atom stereocenters. The number of methoxy groups -OCH3 is 1. The number of halogens is 2. The van der Waals surface area contributed by atoms with Crippen molar-refractivity contribution < 1.29 is 22.7 Å². The van der Waals surface area contributed by atoms with E-state index in [4.69, 9.17) is 21.1 Å². The summed E-state index contributed by atoms with van der Waals surface area (Å²) in [6.45, 7) is -0.148. The molecular formula is C29H25BrClN3O5S. The van der Waals surface area contributed by atoms with Gasteiger partial charge in [0.2, 0.25) is 0 Å². The number of carbonyl (C=O) groups is 1. The summed E-state index contributed by atoms with van der Waals surface area (Å²) >= 11 is 9.49. The van der Waals surface area contributed by atoms with E-state index in [-0.39, 0.29) is 10.6 Å². The van der Waals surface area contributed by atoms with Crippen LogP contribution in [-0.2, 0) is 21.4 Å². The van der Waals surface area contributed by atoms with Crippen LogP contribution in [0.5, 0.6) is 11.5 Å². The third kappa shape index (κ3) is 7.41. The van der Waals surface area contributed by atoms with Crippen LogP contribution in [0.4, 0.5) is 5.69 Å². The standard InChI is InChI=1S/C29H25BrClN3O5S/c1-38-27-17-22(16-26(30)29(27)39-20-21-8-4-2-5-9-21)18-32-33-28(35)19-34(24-14-12-23(31)13-15-24)40(36,37)25-10-6-3-7-11-25/h2-18H,19-20H2,1H3,(H,33,35)/b32-18-. The van der Waals surface area contributed by atoms with Gasteiger partial charge in [0, 0.05) is 5.02 Å². The summed E-state index contributed by atoms with van der Waals surface area (Å²) in [7, 11) is -2.52. The highest BCUT2D eigenvalue weighted by molar-refractivity contribution is 9.10. The van der Waals surface area contributed by atoms with Crippen LogP contribution in [-0.4, -0.2) is 34.2 Å². The van der Waals surface area contributed by atoms with Crippen LogP contribution >= 0.6 is 27.5 Å². The summed E-state index contributed by atoms with van der Waals surface area (Å²) in [5.74, 6) is 0.359. The van der Waals surface area contributed by atoms with E-state index >= 15 is 0 Å². The number of hydrogen-bond acceptors (Lipinski definition) is 6. The Balaban J connectivity index is 1.48. The molecule has 0 aromatic heterocycles. The molecule has 0 fully saturated rings. The van der Waals surface area contributed by atoms with E-state index in [1.807, 2.05) is 30.3 Å².